The Kier molecular flexibility index (Phi) is 9.51. The number of carbonyl (C=O) groups is 1. The van der Waals surface area contributed by atoms with Crippen molar-refractivity contribution < 1.29 is 19.2 Å². The van der Waals surface area contributed by atoms with Gasteiger partial charge in [-0.3, -0.25) is 10.1 Å². The van der Waals surface area contributed by atoms with Gasteiger partial charge in [0, 0.05) is 11.5 Å². The monoisotopic (exact) mass is 386 g/mol. The molecular weight excluding hydrogens is 360 g/mol. The van der Waals surface area contributed by atoms with Crippen molar-refractivity contribution in [2.24, 2.45) is 0 Å². The Labute approximate surface area is 164 Å². The number of unbranched alkanes of at least 4 members (excludes halogenated alkanes) is 1. The van der Waals surface area contributed by atoms with Gasteiger partial charge in [-0.25, -0.2) is 4.79 Å². The molecule has 2 aromatic carbocycles. The Bertz CT molecular complexity index is 709. The first-order chi connectivity index (χ1) is 13.6. The molecule has 2 aromatic rings. The van der Waals surface area contributed by atoms with E-state index < -0.39 is 17.1 Å². The third-order valence-corrected chi connectivity index (χ3v) is 4.11. The second-order valence-electron chi connectivity index (χ2n) is 6.45. The van der Waals surface area contributed by atoms with Crippen molar-refractivity contribution in [3.05, 3.63) is 81.9 Å². The molecular formula is C21H26N2O5. The van der Waals surface area contributed by atoms with E-state index in [0.717, 1.165) is 17.5 Å². The maximum atomic E-state index is 11.9. The molecule has 1 N–H and O–H groups in total. The van der Waals surface area contributed by atoms with Gasteiger partial charge >= 0.3 is 6.09 Å². The van der Waals surface area contributed by atoms with E-state index in [-0.39, 0.29) is 13.2 Å². The third kappa shape index (κ3) is 9.14. The van der Waals surface area contributed by atoms with Gasteiger partial charge in [-0.15, -0.1) is 0 Å². The number of nitro groups is 1. The molecule has 7 heteroatoms. The first-order valence-electron chi connectivity index (χ1n) is 9.34. The minimum Gasteiger partial charge on any atom is -0.445 e. The zero-order chi connectivity index (χ0) is 20.0. The molecule has 1 amide bonds. The first-order valence-corrected chi connectivity index (χ1v) is 9.34. The standard InChI is InChI=1S/C21H26N2O5/c24-21(28-17-19-11-5-2-6-12-19)22-20(15-23(25)26)13-7-8-14-27-16-18-9-3-1-4-10-18/h1-6,9-12,20H,7-8,13-17H2,(H,22,24). The molecule has 0 saturated heterocycles. The molecule has 1 unspecified atom stereocenters. The van der Waals surface area contributed by atoms with Gasteiger partial charge in [0.2, 0.25) is 6.54 Å². The van der Waals surface area contributed by atoms with Crippen LogP contribution in [-0.2, 0) is 22.7 Å². The summed E-state index contributed by atoms with van der Waals surface area (Å²) in [7, 11) is 0. The van der Waals surface area contributed by atoms with Crippen LogP contribution in [0.15, 0.2) is 60.7 Å². The molecule has 0 aliphatic rings. The highest BCUT2D eigenvalue weighted by Gasteiger charge is 2.18. The fraction of sp³-hybridized carbons (Fsp3) is 0.381. The zero-order valence-electron chi connectivity index (χ0n) is 15.8. The van der Waals surface area contributed by atoms with Gasteiger partial charge in [-0.1, -0.05) is 60.7 Å². The molecule has 150 valence electrons. The van der Waals surface area contributed by atoms with Crippen molar-refractivity contribution in [3.63, 3.8) is 0 Å². The lowest BCUT2D eigenvalue weighted by Crippen LogP contribution is -2.40. The zero-order valence-corrected chi connectivity index (χ0v) is 15.8. The normalized spacial score (nSPS) is 11.6. The molecule has 28 heavy (non-hydrogen) atoms. The predicted molar refractivity (Wildman–Crippen MR) is 105 cm³/mol. The predicted octanol–water partition coefficient (Wildman–Crippen LogP) is 3.95. The number of amides is 1. The molecule has 0 radical (unpaired) electrons. The average Bonchev–Trinajstić information content (AvgIpc) is 2.70. The lowest BCUT2D eigenvalue weighted by molar-refractivity contribution is -0.483. The molecule has 0 aromatic heterocycles. The molecule has 7 nitrogen and oxygen atoms in total. The number of rotatable bonds is 12. The molecule has 0 fully saturated rings. The van der Waals surface area contributed by atoms with Gasteiger partial charge in [0.1, 0.15) is 6.61 Å². The molecule has 0 aliphatic carbocycles. The number of nitrogens with one attached hydrogen (secondary N) is 1. The number of benzene rings is 2. The third-order valence-electron chi connectivity index (χ3n) is 4.11. The van der Waals surface area contributed by atoms with Crippen LogP contribution in [-0.4, -0.2) is 30.2 Å². The van der Waals surface area contributed by atoms with Gasteiger partial charge in [-0.2, -0.15) is 0 Å². The van der Waals surface area contributed by atoms with Gasteiger partial charge in [0.05, 0.1) is 12.6 Å². The Hall–Kier alpha value is -2.93. The van der Waals surface area contributed by atoms with E-state index in [0.29, 0.717) is 26.1 Å². The average molecular weight is 386 g/mol. The van der Waals surface area contributed by atoms with Gasteiger partial charge in [0.25, 0.3) is 0 Å². The van der Waals surface area contributed by atoms with E-state index >= 15 is 0 Å². The maximum Gasteiger partial charge on any atom is 0.407 e. The first kappa shape index (κ1) is 21.4. The van der Waals surface area contributed by atoms with Crippen LogP contribution in [0.2, 0.25) is 0 Å². The number of ether oxygens (including phenoxy) is 2. The summed E-state index contributed by atoms with van der Waals surface area (Å²) in [5, 5.41) is 13.4. The van der Waals surface area contributed by atoms with Crippen molar-refractivity contribution in [3.8, 4) is 0 Å². The lowest BCUT2D eigenvalue weighted by atomic mass is 10.1. The summed E-state index contributed by atoms with van der Waals surface area (Å²) >= 11 is 0. The van der Waals surface area contributed by atoms with E-state index in [1.165, 1.54) is 0 Å². The summed E-state index contributed by atoms with van der Waals surface area (Å²) in [6.45, 7) is 0.915. The van der Waals surface area contributed by atoms with E-state index in [9.17, 15) is 14.9 Å². The van der Waals surface area contributed by atoms with Crippen LogP contribution >= 0.6 is 0 Å². The maximum absolute atomic E-state index is 11.9. The number of hydrogen-bond donors (Lipinski definition) is 1. The lowest BCUT2D eigenvalue weighted by Gasteiger charge is -2.15. The molecule has 0 spiro atoms. The highest BCUT2D eigenvalue weighted by Crippen LogP contribution is 2.06. The van der Waals surface area contributed by atoms with Crippen molar-refractivity contribution in [2.75, 3.05) is 13.2 Å². The summed E-state index contributed by atoms with van der Waals surface area (Å²) in [4.78, 5) is 22.3. The molecule has 0 bridgehead atoms. The van der Waals surface area contributed by atoms with Crippen molar-refractivity contribution in [1.29, 1.82) is 0 Å². The van der Waals surface area contributed by atoms with Crippen LogP contribution in [0.5, 0.6) is 0 Å². The number of hydrogen-bond acceptors (Lipinski definition) is 5. The van der Waals surface area contributed by atoms with Crippen LogP contribution in [0.1, 0.15) is 30.4 Å². The van der Waals surface area contributed by atoms with E-state index in [1.807, 2.05) is 60.7 Å². The number of nitrogens with zero attached hydrogens (tertiary/aromatic N) is 1. The van der Waals surface area contributed by atoms with Crippen LogP contribution in [0.4, 0.5) is 4.79 Å². The summed E-state index contributed by atoms with van der Waals surface area (Å²) in [5.74, 6) is 0. The summed E-state index contributed by atoms with van der Waals surface area (Å²) in [6.07, 6.45) is 1.33. The van der Waals surface area contributed by atoms with Crippen LogP contribution < -0.4 is 5.32 Å². The highest BCUT2D eigenvalue weighted by molar-refractivity contribution is 5.67. The minimum atomic E-state index is -0.643. The molecule has 0 saturated carbocycles. The fourth-order valence-corrected chi connectivity index (χ4v) is 2.68. The molecule has 2 rings (SSSR count). The summed E-state index contributed by atoms with van der Waals surface area (Å²) in [6, 6.07) is 18.6. The van der Waals surface area contributed by atoms with E-state index in [4.69, 9.17) is 9.47 Å². The largest absolute Gasteiger partial charge is 0.445 e. The second kappa shape index (κ2) is 12.5. The van der Waals surface area contributed by atoms with Crippen LogP contribution in [0, 0.1) is 10.1 Å². The van der Waals surface area contributed by atoms with Crippen molar-refractivity contribution in [1.82, 2.24) is 5.32 Å². The molecule has 0 aliphatic heterocycles. The number of alkyl carbamates (subject to hydrolysis) is 1. The minimum absolute atomic E-state index is 0.130. The Morgan fingerprint density at radius 1 is 0.964 bits per heavy atom. The SMILES string of the molecule is O=C(NC(CCCCOCc1ccccc1)C[N+](=O)[O-])OCc1ccccc1. The fourth-order valence-electron chi connectivity index (χ4n) is 2.68. The van der Waals surface area contributed by atoms with Crippen LogP contribution in [0.3, 0.4) is 0 Å². The Morgan fingerprint density at radius 3 is 2.18 bits per heavy atom. The molecule has 0 heterocycles. The van der Waals surface area contributed by atoms with Gasteiger partial charge in [0.15, 0.2) is 0 Å². The van der Waals surface area contributed by atoms with Gasteiger partial charge < -0.3 is 14.8 Å². The van der Waals surface area contributed by atoms with E-state index in [1.54, 1.807) is 0 Å². The quantitative estimate of drug-likeness (QED) is 0.339. The molecule has 1 atom stereocenters. The summed E-state index contributed by atoms with van der Waals surface area (Å²) in [5.41, 5.74) is 1.97. The van der Waals surface area contributed by atoms with Crippen molar-refractivity contribution >= 4 is 6.09 Å². The Morgan fingerprint density at radius 2 is 1.57 bits per heavy atom. The van der Waals surface area contributed by atoms with E-state index in [2.05, 4.69) is 5.32 Å². The van der Waals surface area contributed by atoms with Gasteiger partial charge in [-0.05, 0) is 30.4 Å². The number of carbonyl (C=O) groups excluding carboxylic acids is 1. The van der Waals surface area contributed by atoms with Crippen LogP contribution in [0.25, 0.3) is 0 Å². The highest BCUT2D eigenvalue weighted by atomic mass is 16.6. The smallest absolute Gasteiger partial charge is 0.407 e. The second-order valence-corrected chi connectivity index (χ2v) is 6.45. The Balaban J connectivity index is 1.64. The summed E-state index contributed by atoms with van der Waals surface area (Å²) < 4.78 is 10.7. The van der Waals surface area contributed by atoms with Crippen molar-refractivity contribution in [2.45, 2.75) is 38.5 Å². The topological polar surface area (TPSA) is 90.7 Å².